The molecule has 0 bridgehead atoms. The maximum absolute atomic E-state index is 12.3. The van der Waals surface area contributed by atoms with Crippen LogP contribution in [0.25, 0.3) is 0 Å². The number of benzene rings is 1. The number of piperidine rings is 1. The smallest absolute Gasteiger partial charge is 0.310 e. The highest BCUT2D eigenvalue weighted by atomic mass is 16.5. The summed E-state index contributed by atoms with van der Waals surface area (Å²) in [6.45, 7) is 5.35. The first-order chi connectivity index (χ1) is 11.1. The van der Waals surface area contributed by atoms with Crippen molar-refractivity contribution in [3.8, 4) is 5.75 Å². The number of likely N-dealkylation sites (tertiary alicyclic amines) is 1. The number of amides is 1. The number of hydrogen-bond donors (Lipinski definition) is 0. The summed E-state index contributed by atoms with van der Waals surface area (Å²) in [6, 6.07) is 7.76. The quantitative estimate of drug-likeness (QED) is 0.756. The molecule has 2 rings (SSSR count). The van der Waals surface area contributed by atoms with E-state index in [0.29, 0.717) is 25.4 Å². The van der Waals surface area contributed by atoms with Gasteiger partial charge in [-0.05, 0) is 43.9 Å². The SMILES string of the molecule is CCOC(=O)C1CCCN(C(=O)COc2cccc(CC)c2)C1. The Morgan fingerprint density at radius 3 is 2.87 bits per heavy atom. The van der Waals surface area contributed by atoms with Crippen molar-refractivity contribution < 1.29 is 19.1 Å². The predicted molar refractivity (Wildman–Crippen MR) is 87.3 cm³/mol. The Bertz CT molecular complexity index is 544. The fraction of sp³-hybridized carbons (Fsp3) is 0.556. The van der Waals surface area contributed by atoms with E-state index in [0.717, 1.165) is 19.3 Å². The molecule has 0 spiro atoms. The highest BCUT2D eigenvalue weighted by Crippen LogP contribution is 2.19. The lowest BCUT2D eigenvalue weighted by atomic mass is 9.98. The number of carbonyl (C=O) groups is 2. The third kappa shape index (κ3) is 4.98. The van der Waals surface area contributed by atoms with Gasteiger partial charge in [0.2, 0.25) is 0 Å². The summed E-state index contributed by atoms with van der Waals surface area (Å²) in [5.41, 5.74) is 1.18. The molecule has 0 aliphatic carbocycles. The summed E-state index contributed by atoms with van der Waals surface area (Å²) in [5.74, 6) is 0.204. The van der Waals surface area contributed by atoms with Crippen molar-refractivity contribution in [3.63, 3.8) is 0 Å². The van der Waals surface area contributed by atoms with Gasteiger partial charge in [-0.15, -0.1) is 0 Å². The second-order valence-electron chi connectivity index (χ2n) is 5.72. The second-order valence-corrected chi connectivity index (χ2v) is 5.72. The van der Waals surface area contributed by atoms with Crippen LogP contribution >= 0.6 is 0 Å². The normalized spacial score (nSPS) is 17.7. The molecule has 5 nitrogen and oxygen atoms in total. The molecule has 0 saturated carbocycles. The molecular weight excluding hydrogens is 294 g/mol. The van der Waals surface area contributed by atoms with Crippen molar-refractivity contribution in [1.29, 1.82) is 0 Å². The van der Waals surface area contributed by atoms with Crippen LogP contribution in [0.15, 0.2) is 24.3 Å². The van der Waals surface area contributed by atoms with E-state index in [-0.39, 0.29) is 24.4 Å². The zero-order valence-corrected chi connectivity index (χ0v) is 13.9. The molecule has 1 aliphatic heterocycles. The lowest BCUT2D eigenvalue weighted by molar-refractivity contribution is -0.151. The maximum atomic E-state index is 12.3. The Hall–Kier alpha value is -2.04. The zero-order chi connectivity index (χ0) is 16.7. The summed E-state index contributed by atoms with van der Waals surface area (Å²) < 4.78 is 10.7. The number of hydrogen-bond acceptors (Lipinski definition) is 4. The Balaban J connectivity index is 1.86. The lowest BCUT2D eigenvalue weighted by Gasteiger charge is -2.31. The molecule has 1 aromatic carbocycles. The average molecular weight is 319 g/mol. The third-order valence-electron chi connectivity index (χ3n) is 4.06. The van der Waals surface area contributed by atoms with E-state index in [2.05, 4.69) is 6.92 Å². The maximum Gasteiger partial charge on any atom is 0.310 e. The molecule has 1 heterocycles. The van der Waals surface area contributed by atoms with Crippen LogP contribution in [-0.4, -0.2) is 43.1 Å². The van der Waals surface area contributed by atoms with E-state index in [1.54, 1.807) is 11.8 Å². The summed E-state index contributed by atoms with van der Waals surface area (Å²) in [6.07, 6.45) is 2.53. The minimum atomic E-state index is -0.212. The molecule has 1 amide bonds. The molecule has 0 aromatic heterocycles. The van der Waals surface area contributed by atoms with Gasteiger partial charge in [-0.2, -0.15) is 0 Å². The largest absolute Gasteiger partial charge is 0.484 e. The van der Waals surface area contributed by atoms with Crippen LogP contribution in [0, 0.1) is 5.92 Å². The van der Waals surface area contributed by atoms with E-state index in [1.165, 1.54) is 5.56 Å². The van der Waals surface area contributed by atoms with E-state index >= 15 is 0 Å². The van der Waals surface area contributed by atoms with E-state index in [4.69, 9.17) is 9.47 Å². The molecule has 1 aromatic rings. The minimum Gasteiger partial charge on any atom is -0.484 e. The topological polar surface area (TPSA) is 55.8 Å². The number of nitrogens with zero attached hydrogens (tertiary/aromatic N) is 1. The van der Waals surface area contributed by atoms with E-state index in [9.17, 15) is 9.59 Å². The molecule has 126 valence electrons. The van der Waals surface area contributed by atoms with Crippen LogP contribution in [-0.2, 0) is 20.7 Å². The van der Waals surface area contributed by atoms with Crippen molar-refractivity contribution in [2.75, 3.05) is 26.3 Å². The molecule has 23 heavy (non-hydrogen) atoms. The first kappa shape index (κ1) is 17.3. The highest BCUT2D eigenvalue weighted by Gasteiger charge is 2.29. The highest BCUT2D eigenvalue weighted by molar-refractivity contribution is 5.79. The van der Waals surface area contributed by atoms with Crippen molar-refractivity contribution in [2.24, 2.45) is 5.92 Å². The fourth-order valence-corrected chi connectivity index (χ4v) is 2.75. The molecule has 0 radical (unpaired) electrons. The molecule has 0 N–H and O–H groups in total. The molecule has 1 aliphatic rings. The van der Waals surface area contributed by atoms with E-state index in [1.807, 2.05) is 24.3 Å². The predicted octanol–water partition coefficient (Wildman–Crippen LogP) is 2.43. The van der Waals surface area contributed by atoms with Gasteiger partial charge in [0.15, 0.2) is 6.61 Å². The monoisotopic (exact) mass is 319 g/mol. The van der Waals surface area contributed by atoms with Crippen molar-refractivity contribution in [2.45, 2.75) is 33.1 Å². The lowest BCUT2D eigenvalue weighted by Crippen LogP contribution is -2.44. The Morgan fingerprint density at radius 2 is 2.13 bits per heavy atom. The molecule has 1 unspecified atom stereocenters. The zero-order valence-electron chi connectivity index (χ0n) is 13.9. The number of aryl methyl sites for hydroxylation is 1. The fourth-order valence-electron chi connectivity index (χ4n) is 2.75. The number of rotatable bonds is 6. The summed E-state index contributed by atoms with van der Waals surface area (Å²) in [7, 11) is 0. The summed E-state index contributed by atoms with van der Waals surface area (Å²) >= 11 is 0. The van der Waals surface area contributed by atoms with Gasteiger partial charge in [0.1, 0.15) is 5.75 Å². The molecule has 1 saturated heterocycles. The van der Waals surface area contributed by atoms with Gasteiger partial charge in [-0.1, -0.05) is 19.1 Å². The standard InChI is InChI=1S/C18H25NO4/c1-3-14-7-5-9-16(11-14)23-13-17(20)19-10-6-8-15(12-19)18(21)22-4-2/h5,7,9,11,15H,3-4,6,8,10,12-13H2,1-2H3. The third-order valence-corrected chi connectivity index (χ3v) is 4.06. The van der Waals surface area contributed by atoms with Gasteiger partial charge in [-0.3, -0.25) is 9.59 Å². The summed E-state index contributed by atoms with van der Waals surface area (Å²) in [4.78, 5) is 25.8. The van der Waals surface area contributed by atoms with Crippen LogP contribution in [0.1, 0.15) is 32.3 Å². The Kier molecular flexibility index (Phi) is 6.44. The average Bonchev–Trinajstić information content (AvgIpc) is 2.60. The molecular formula is C18H25NO4. The van der Waals surface area contributed by atoms with Crippen LogP contribution in [0.4, 0.5) is 0 Å². The number of esters is 1. The Labute approximate surface area is 137 Å². The summed E-state index contributed by atoms with van der Waals surface area (Å²) in [5, 5.41) is 0. The number of carbonyl (C=O) groups excluding carboxylic acids is 2. The second kappa shape index (κ2) is 8.56. The van der Waals surface area contributed by atoms with Gasteiger partial charge in [0.25, 0.3) is 5.91 Å². The van der Waals surface area contributed by atoms with E-state index < -0.39 is 0 Å². The van der Waals surface area contributed by atoms with Crippen molar-refractivity contribution >= 4 is 11.9 Å². The molecule has 5 heteroatoms. The minimum absolute atomic E-state index is 0.00269. The first-order valence-corrected chi connectivity index (χ1v) is 8.30. The van der Waals surface area contributed by atoms with Gasteiger partial charge in [-0.25, -0.2) is 0 Å². The molecule has 1 atom stereocenters. The van der Waals surface area contributed by atoms with Gasteiger partial charge < -0.3 is 14.4 Å². The van der Waals surface area contributed by atoms with Crippen molar-refractivity contribution in [1.82, 2.24) is 4.90 Å². The van der Waals surface area contributed by atoms with Crippen LogP contribution in [0.3, 0.4) is 0 Å². The first-order valence-electron chi connectivity index (χ1n) is 8.30. The van der Waals surface area contributed by atoms with Crippen LogP contribution in [0.5, 0.6) is 5.75 Å². The van der Waals surface area contributed by atoms with Crippen LogP contribution in [0.2, 0.25) is 0 Å². The van der Waals surface area contributed by atoms with Crippen LogP contribution < -0.4 is 4.74 Å². The van der Waals surface area contributed by atoms with Crippen molar-refractivity contribution in [3.05, 3.63) is 29.8 Å². The Morgan fingerprint density at radius 1 is 1.30 bits per heavy atom. The number of ether oxygens (including phenoxy) is 2. The van der Waals surface area contributed by atoms with Gasteiger partial charge in [0, 0.05) is 13.1 Å². The van der Waals surface area contributed by atoms with Gasteiger partial charge >= 0.3 is 5.97 Å². The molecule has 1 fully saturated rings. The van der Waals surface area contributed by atoms with Gasteiger partial charge in [0.05, 0.1) is 12.5 Å².